The number of hydrogen-bond donors (Lipinski definition) is 3. The lowest BCUT2D eigenvalue weighted by Gasteiger charge is -2.08. The molecule has 3 N–H and O–H groups in total. The van der Waals surface area contributed by atoms with Gasteiger partial charge < -0.3 is 10.1 Å². The molecule has 0 radical (unpaired) electrons. The van der Waals surface area contributed by atoms with Crippen molar-refractivity contribution in [1.82, 2.24) is 15.4 Å². The molecule has 0 aliphatic heterocycles. The first-order chi connectivity index (χ1) is 13.8. The molecule has 0 saturated carbocycles. The van der Waals surface area contributed by atoms with Gasteiger partial charge in [0.1, 0.15) is 0 Å². The maximum absolute atomic E-state index is 12.4. The first-order valence-electron chi connectivity index (χ1n) is 9.03. The summed E-state index contributed by atoms with van der Waals surface area (Å²) in [7, 11) is -3.71. The second-order valence-corrected chi connectivity index (χ2v) is 7.85. The third kappa shape index (κ3) is 7.16. The van der Waals surface area contributed by atoms with Gasteiger partial charge in [-0.15, -0.1) is 0 Å². The maximum Gasteiger partial charge on any atom is 0.321 e. The number of amides is 3. The average Bonchev–Trinajstić information content (AvgIpc) is 2.69. The fourth-order valence-corrected chi connectivity index (χ4v) is 3.55. The van der Waals surface area contributed by atoms with E-state index < -0.39 is 34.5 Å². The molecule has 3 amide bonds. The molecule has 0 aromatic heterocycles. The van der Waals surface area contributed by atoms with E-state index in [0.29, 0.717) is 6.54 Å². The van der Waals surface area contributed by atoms with E-state index in [9.17, 15) is 22.8 Å². The van der Waals surface area contributed by atoms with E-state index in [0.717, 1.165) is 10.8 Å². The second-order valence-electron chi connectivity index (χ2n) is 6.08. The standard InChI is InChI=1S/C19H23N3O6S/c1-2-20-19(25)22-17(23)13-28-18(24)8-5-11-21-29(26,27)16-10-9-14-6-3-4-7-15(14)12-16/h3-4,6-7,9-10,12,21H,2,5,8,11,13H2,1H3,(H2,20,22,23,25). The van der Waals surface area contributed by atoms with Gasteiger partial charge >= 0.3 is 12.0 Å². The summed E-state index contributed by atoms with van der Waals surface area (Å²) in [6.45, 7) is 1.50. The number of esters is 1. The number of carbonyl (C=O) groups is 3. The molecule has 0 fully saturated rings. The fourth-order valence-electron chi connectivity index (χ4n) is 2.44. The molecule has 0 heterocycles. The molecule has 29 heavy (non-hydrogen) atoms. The Morgan fingerprint density at radius 1 is 1.03 bits per heavy atom. The van der Waals surface area contributed by atoms with Gasteiger partial charge in [-0.3, -0.25) is 14.9 Å². The molecule has 0 unspecified atom stereocenters. The van der Waals surface area contributed by atoms with Crippen LogP contribution >= 0.6 is 0 Å². The van der Waals surface area contributed by atoms with Gasteiger partial charge in [0, 0.05) is 19.5 Å². The number of urea groups is 1. The van der Waals surface area contributed by atoms with Crippen LogP contribution in [0.3, 0.4) is 0 Å². The molecular weight excluding hydrogens is 398 g/mol. The SMILES string of the molecule is CCNC(=O)NC(=O)COC(=O)CCCNS(=O)(=O)c1ccc2ccccc2c1. The zero-order valence-electron chi connectivity index (χ0n) is 15.9. The van der Waals surface area contributed by atoms with Crippen LogP contribution in [0.4, 0.5) is 4.79 Å². The summed E-state index contributed by atoms with van der Waals surface area (Å²) < 4.78 is 31.9. The normalized spacial score (nSPS) is 11.1. The maximum atomic E-state index is 12.4. The summed E-state index contributed by atoms with van der Waals surface area (Å²) in [5, 5.41) is 6.11. The van der Waals surface area contributed by atoms with Crippen molar-refractivity contribution < 1.29 is 27.5 Å². The molecule has 0 atom stereocenters. The van der Waals surface area contributed by atoms with Crippen molar-refractivity contribution in [3.05, 3.63) is 42.5 Å². The molecule has 10 heteroatoms. The van der Waals surface area contributed by atoms with Crippen molar-refractivity contribution in [2.75, 3.05) is 19.7 Å². The average molecular weight is 421 g/mol. The molecule has 0 saturated heterocycles. The fraction of sp³-hybridized carbons (Fsp3) is 0.316. The third-order valence-corrected chi connectivity index (χ3v) is 5.29. The van der Waals surface area contributed by atoms with Crippen LogP contribution in [-0.2, 0) is 24.3 Å². The predicted octanol–water partition coefficient (Wildman–Crippen LogP) is 1.29. The molecule has 0 aliphatic carbocycles. The van der Waals surface area contributed by atoms with Gasteiger partial charge in [-0.05, 0) is 36.2 Å². The highest BCUT2D eigenvalue weighted by molar-refractivity contribution is 7.89. The Kier molecular flexibility index (Phi) is 8.10. The number of imide groups is 1. The Bertz CT molecular complexity index is 990. The van der Waals surface area contributed by atoms with E-state index in [4.69, 9.17) is 4.74 Å². The Morgan fingerprint density at radius 3 is 2.48 bits per heavy atom. The predicted molar refractivity (Wildman–Crippen MR) is 107 cm³/mol. The second kappa shape index (κ2) is 10.5. The van der Waals surface area contributed by atoms with Gasteiger partial charge in [-0.1, -0.05) is 30.3 Å². The Balaban J connectivity index is 1.73. The zero-order valence-corrected chi connectivity index (χ0v) is 16.8. The van der Waals surface area contributed by atoms with Gasteiger partial charge in [0.15, 0.2) is 6.61 Å². The largest absolute Gasteiger partial charge is 0.456 e. The summed E-state index contributed by atoms with van der Waals surface area (Å²) in [6.07, 6.45) is 0.123. The van der Waals surface area contributed by atoms with E-state index in [1.165, 1.54) is 6.07 Å². The Morgan fingerprint density at radius 2 is 1.76 bits per heavy atom. The van der Waals surface area contributed by atoms with Crippen molar-refractivity contribution >= 4 is 38.7 Å². The number of rotatable bonds is 9. The van der Waals surface area contributed by atoms with Crippen LogP contribution in [0.15, 0.2) is 47.4 Å². The number of hydrogen-bond acceptors (Lipinski definition) is 6. The van der Waals surface area contributed by atoms with Crippen LogP contribution in [-0.4, -0.2) is 46.0 Å². The molecule has 156 valence electrons. The van der Waals surface area contributed by atoms with E-state index in [1.54, 1.807) is 19.1 Å². The van der Waals surface area contributed by atoms with Crippen molar-refractivity contribution in [2.24, 2.45) is 0 Å². The lowest BCUT2D eigenvalue weighted by atomic mass is 10.1. The van der Waals surface area contributed by atoms with Crippen molar-refractivity contribution in [2.45, 2.75) is 24.7 Å². The highest BCUT2D eigenvalue weighted by atomic mass is 32.2. The molecule has 2 aromatic rings. The van der Waals surface area contributed by atoms with Crippen molar-refractivity contribution in [3.8, 4) is 0 Å². The van der Waals surface area contributed by atoms with Crippen LogP contribution in [0.1, 0.15) is 19.8 Å². The zero-order chi connectivity index (χ0) is 21.3. The molecule has 0 bridgehead atoms. The molecule has 0 spiro atoms. The summed E-state index contributed by atoms with van der Waals surface area (Å²) in [6, 6.07) is 11.6. The van der Waals surface area contributed by atoms with Crippen LogP contribution < -0.4 is 15.4 Å². The Labute approximate surface area is 168 Å². The smallest absolute Gasteiger partial charge is 0.321 e. The Hall–Kier alpha value is -2.98. The van der Waals surface area contributed by atoms with Gasteiger partial charge in [0.2, 0.25) is 10.0 Å². The lowest BCUT2D eigenvalue weighted by Crippen LogP contribution is -2.41. The van der Waals surface area contributed by atoms with Gasteiger partial charge in [0.05, 0.1) is 4.90 Å². The van der Waals surface area contributed by atoms with Crippen LogP contribution in [0.25, 0.3) is 10.8 Å². The summed E-state index contributed by atoms with van der Waals surface area (Å²) in [5.74, 6) is -1.41. The van der Waals surface area contributed by atoms with E-state index in [2.05, 4.69) is 10.0 Å². The van der Waals surface area contributed by atoms with Gasteiger partial charge in [-0.2, -0.15) is 0 Å². The first-order valence-corrected chi connectivity index (χ1v) is 10.5. The van der Waals surface area contributed by atoms with E-state index >= 15 is 0 Å². The number of ether oxygens (including phenoxy) is 1. The molecule has 9 nitrogen and oxygen atoms in total. The van der Waals surface area contributed by atoms with Gasteiger partial charge in [-0.25, -0.2) is 17.9 Å². The first kappa shape index (κ1) is 22.3. The highest BCUT2D eigenvalue weighted by Crippen LogP contribution is 2.18. The molecule has 2 rings (SSSR count). The number of sulfonamides is 1. The minimum absolute atomic E-state index is 0.0371. The van der Waals surface area contributed by atoms with Gasteiger partial charge in [0.25, 0.3) is 5.91 Å². The monoisotopic (exact) mass is 421 g/mol. The van der Waals surface area contributed by atoms with Crippen LogP contribution in [0.2, 0.25) is 0 Å². The summed E-state index contributed by atoms with van der Waals surface area (Å²) in [5.41, 5.74) is 0. The number of benzene rings is 2. The van der Waals surface area contributed by atoms with Crippen LogP contribution in [0.5, 0.6) is 0 Å². The number of fused-ring (bicyclic) bond motifs is 1. The summed E-state index contributed by atoms with van der Waals surface area (Å²) in [4.78, 5) is 34.3. The van der Waals surface area contributed by atoms with Crippen molar-refractivity contribution in [3.63, 3.8) is 0 Å². The number of nitrogens with one attached hydrogen (secondary N) is 3. The van der Waals surface area contributed by atoms with Crippen LogP contribution in [0, 0.1) is 0 Å². The molecular formula is C19H23N3O6S. The summed E-state index contributed by atoms with van der Waals surface area (Å²) >= 11 is 0. The minimum atomic E-state index is -3.71. The topological polar surface area (TPSA) is 131 Å². The van der Waals surface area contributed by atoms with E-state index in [1.807, 2.05) is 29.6 Å². The molecule has 0 aliphatic rings. The van der Waals surface area contributed by atoms with Crippen molar-refractivity contribution in [1.29, 1.82) is 0 Å². The van der Waals surface area contributed by atoms with E-state index in [-0.39, 0.29) is 24.3 Å². The molecule has 2 aromatic carbocycles. The minimum Gasteiger partial charge on any atom is -0.456 e. The quantitative estimate of drug-likeness (QED) is 0.413. The lowest BCUT2D eigenvalue weighted by molar-refractivity contribution is -0.148. The third-order valence-electron chi connectivity index (χ3n) is 3.84. The number of carbonyl (C=O) groups excluding carboxylic acids is 3. The highest BCUT2D eigenvalue weighted by Gasteiger charge is 2.15.